The molecule has 0 N–H and O–H groups in total. The van der Waals surface area contributed by atoms with Gasteiger partial charge in [0.2, 0.25) is 5.91 Å². The zero-order valence-electron chi connectivity index (χ0n) is 14.0. The maximum atomic E-state index is 12.3. The van der Waals surface area contributed by atoms with Gasteiger partial charge in [-0.15, -0.1) is 0 Å². The molecule has 1 fully saturated rings. The van der Waals surface area contributed by atoms with E-state index in [0.717, 1.165) is 49.2 Å². The molecular weight excluding hydrogens is 264 g/mol. The van der Waals surface area contributed by atoms with Crippen LogP contribution < -0.4 is 0 Å². The molecule has 4 nitrogen and oxygen atoms in total. The Morgan fingerprint density at radius 2 is 1.95 bits per heavy atom. The van der Waals surface area contributed by atoms with Crippen LogP contribution in [0.2, 0.25) is 0 Å². The highest BCUT2D eigenvalue weighted by molar-refractivity contribution is 5.76. The molecule has 2 rings (SSSR count). The van der Waals surface area contributed by atoms with Crippen LogP contribution in [-0.4, -0.2) is 28.9 Å². The Morgan fingerprint density at radius 3 is 2.48 bits per heavy atom. The second-order valence-corrected chi connectivity index (χ2v) is 7.34. The molecule has 0 radical (unpaired) electrons. The van der Waals surface area contributed by atoms with Gasteiger partial charge in [-0.25, -0.2) is 4.98 Å². The second kappa shape index (κ2) is 6.20. The predicted octanol–water partition coefficient (Wildman–Crippen LogP) is 3.47. The van der Waals surface area contributed by atoms with Crippen LogP contribution in [-0.2, 0) is 16.6 Å². The molecule has 1 amide bonds. The van der Waals surface area contributed by atoms with Gasteiger partial charge >= 0.3 is 0 Å². The van der Waals surface area contributed by atoms with Gasteiger partial charge in [-0.05, 0) is 25.7 Å². The average molecular weight is 292 g/mol. The van der Waals surface area contributed by atoms with E-state index in [9.17, 15) is 4.79 Å². The fraction of sp³-hybridized carbons (Fsp3) is 0.765. The van der Waals surface area contributed by atoms with Crippen molar-refractivity contribution in [3.8, 4) is 0 Å². The second-order valence-electron chi connectivity index (χ2n) is 7.34. The first-order valence-corrected chi connectivity index (χ1v) is 8.02. The number of likely N-dealkylation sites (tertiary alicyclic amines) is 1. The smallest absolute Gasteiger partial charge is 0.223 e. The van der Waals surface area contributed by atoms with Crippen molar-refractivity contribution in [3.63, 3.8) is 0 Å². The van der Waals surface area contributed by atoms with Crippen LogP contribution in [0.1, 0.15) is 64.3 Å². The topological polar surface area (TPSA) is 46.3 Å². The Kier molecular flexibility index (Phi) is 4.74. The van der Waals surface area contributed by atoms with Crippen LogP contribution in [0.4, 0.5) is 0 Å². The molecule has 118 valence electrons. The van der Waals surface area contributed by atoms with Crippen molar-refractivity contribution in [1.82, 2.24) is 9.88 Å². The molecule has 2 heterocycles. The lowest BCUT2D eigenvalue weighted by molar-refractivity contribution is -0.132. The van der Waals surface area contributed by atoms with E-state index in [0.29, 0.717) is 12.8 Å². The maximum absolute atomic E-state index is 12.3. The fourth-order valence-corrected chi connectivity index (χ4v) is 2.62. The first-order valence-electron chi connectivity index (χ1n) is 8.02. The van der Waals surface area contributed by atoms with E-state index in [2.05, 4.69) is 32.7 Å². The largest absolute Gasteiger partial charge is 0.445 e. The predicted molar refractivity (Wildman–Crippen MR) is 83.2 cm³/mol. The normalized spacial score (nSPS) is 17.3. The third-order valence-electron chi connectivity index (χ3n) is 4.24. The van der Waals surface area contributed by atoms with Crippen LogP contribution in [0.25, 0.3) is 0 Å². The van der Waals surface area contributed by atoms with Gasteiger partial charge in [-0.2, -0.15) is 0 Å². The Morgan fingerprint density at radius 1 is 1.33 bits per heavy atom. The van der Waals surface area contributed by atoms with E-state index in [1.54, 1.807) is 0 Å². The highest BCUT2D eigenvalue weighted by Gasteiger charge is 2.24. The fourth-order valence-electron chi connectivity index (χ4n) is 2.62. The quantitative estimate of drug-likeness (QED) is 0.857. The first kappa shape index (κ1) is 16.1. The molecule has 0 aliphatic carbocycles. The van der Waals surface area contributed by atoms with Crippen molar-refractivity contribution in [3.05, 3.63) is 17.3 Å². The third-order valence-corrected chi connectivity index (χ3v) is 4.24. The summed E-state index contributed by atoms with van der Waals surface area (Å²) in [5.41, 5.74) is 0.829. The van der Waals surface area contributed by atoms with Crippen molar-refractivity contribution < 1.29 is 9.21 Å². The Balaban J connectivity index is 1.91. The number of aryl methyl sites for hydroxylation is 2. The number of aromatic nitrogens is 1. The van der Waals surface area contributed by atoms with Gasteiger partial charge in [0.05, 0.1) is 5.69 Å². The monoisotopic (exact) mass is 292 g/mol. The van der Waals surface area contributed by atoms with Crippen LogP contribution in [0.3, 0.4) is 0 Å². The number of amides is 1. The zero-order valence-corrected chi connectivity index (χ0v) is 14.0. The summed E-state index contributed by atoms with van der Waals surface area (Å²) in [6, 6.07) is 0. The van der Waals surface area contributed by atoms with Crippen LogP contribution in [0, 0.1) is 12.8 Å². The molecule has 1 aromatic heterocycles. The number of carbonyl (C=O) groups is 1. The van der Waals surface area contributed by atoms with Gasteiger partial charge < -0.3 is 9.32 Å². The Labute approximate surface area is 127 Å². The SMILES string of the molecule is Cc1nc(C(C)(C)C)oc1CCC(=O)N1CCC(C)CC1. The van der Waals surface area contributed by atoms with Crippen molar-refractivity contribution in [2.75, 3.05) is 13.1 Å². The van der Waals surface area contributed by atoms with E-state index in [-0.39, 0.29) is 11.3 Å². The molecule has 21 heavy (non-hydrogen) atoms. The summed E-state index contributed by atoms with van der Waals surface area (Å²) < 4.78 is 5.85. The van der Waals surface area contributed by atoms with Gasteiger partial charge in [0.15, 0.2) is 5.89 Å². The van der Waals surface area contributed by atoms with Gasteiger partial charge in [-0.1, -0.05) is 27.7 Å². The number of nitrogens with zero attached hydrogens (tertiary/aromatic N) is 2. The maximum Gasteiger partial charge on any atom is 0.223 e. The summed E-state index contributed by atoms with van der Waals surface area (Å²) in [6.07, 6.45) is 3.43. The molecule has 1 aliphatic rings. The van der Waals surface area contributed by atoms with E-state index >= 15 is 0 Å². The van der Waals surface area contributed by atoms with Crippen molar-refractivity contribution in [2.45, 2.75) is 65.7 Å². The summed E-state index contributed by atoms with van der Waals surface area (Å²) in [4.78, 5) is 18.7. The summed E-state index contributed by atoms with van der Waals surface area (Å²) in [5.74, 6) is 2.61. The lowest BCUT2D eigenvalue weighted by Crippen LogP contribution is -2.38. The van der Waals surface area contributed by atoms with Crippen LogP contribution in [0.5, 0.6) is 0 Å². The van der Waals surface area contributed by atoms with Crippen molar-refractivity contribution in [1.29, 1.82) is 0 Å². The minimum absolute atomic E-state index is 0.0873. The summed E-state index contributed by atoms with van der Waals surface area (Å²) >= 11 is 0. The molecule has 1 aromatic rings. The molecule has 0 atom stereocenters. The van der Waals surface area contributed by atoms with Crippen molar-refractivity contribution in [2.24, 2.45) is 5.92 Å². The number of carbonyl (C=O) groups excluding carboxylic acids is 1. The molecule has 1 saturated heterocycles. The van der Waals surface area contributed by atoms with Gasteiger partial charge in [0.25, 0.3) is 0 Å². The summed E-state index contributed by atoms with van der Waals surface area (Å²) in [7, 11) is 0. The first-order chi connectivity index (χ1) is 9.77. The number of hydrogen-bond donors (Lipinski definition) is 0. The molecule has 4 heteroatoms. The number of rotatable bonds is 3. The minimum atomic E-state index is -0.0873. The van der Waals surface area contributed by atoms with Crippen LogP contribution >= 0.6 is 0 Å². The summed E-state index contributed by atoms with van der Waals surface area (Å²) in [5, 5.41) is 0. The molecule has 0 saturated carbocycles. The van der Waals surface area contributed by atoms with E-state index in [1.165, 1.54) is 0 Å². The van der Waals surface area contributed by atoms with E-state index in [4.69, 9.17) is 4.42 Å². The molecule has 1 aliphatic heterocycles. The number of piperidine rings is 1. The van der Waals surface area contributed by atoms with E-state index in [1.807, 2.05) is 11.8 Å². The Bertz CT molecular complexity index is 491. The minimum Gasteiger partial charge on any atom is -0.445 e. The van der Waals surface area contributed by atoms with Crippen molar-refractivity contribution >= 4 is 5.91 Å². The molecule has 0 aromatic carbocycles. The molecule has 0 spiro atoms. The van der Waals surface area contributed by atoms with Gasteiger partial charge in [0, 0.05) is 31.3 Å². The third kappa shape index (κ3) is 4.08. The average Bonchev–Trinajstić information content (AvgIpc) is 2.78. The molecule has 0 unspecified atom stereocenters. The lowest BCUT2D eigenvalue weighted by Gasteiger charge is -2.30. The number of oxazole rings is 1. The summed E-state index contributed by atoms with van der Waals surface area (Å²) in [6.45, 7) is 12.3. The van der Waals surface area contributed by atoms with Crippen LogP contribution in [0.15, 0.2) is 4.42 Å². The molecule has 0 bridgehead atoms. The van der Waals surface area contributed by atoms with E-state index < -0.39 is 0 Å². The Hall–Kier alpha value is -1.32. The highest BCUT2D eigenvalue weighted by atomic mass is 16.4. The van der Waals surface area contributed by atoms with Gasteiger partial charge in [-0.3, -0.25) is 4.79 Å². The standard InChI is InChI=1S/C17H28N2O2/c1-12-8-10-19(11-9-12)15(20)7-6-14-13(2)18-16(21-14)17(3,4)5/h12H,6-11H2,1-5H3. The zero-order chi connectivity index (χ0) is 15.6. The highest BCUT2D eigenvalue weighted by Crippen LogP contribution is 2.25. The number of hydrogen-bond acceptors (Lipinski definition) is 3. The molecular formula is C17H28N2O2. The lowest BCUT2D eigenvalue weighted by atomic mass is 9.97. The van der Waals surface area contributed by atoms with Gasteiger partial charge in [0.1, 0.15) is 5.76 Å².